The van der Waals surface area contributed by atoms with Crippen LogP contribution in [-0.2, 0) is 0 Å². The molecule has 0 spiro atoms. The Labute approximate surface area is 359 Å². The molecule has 0 unspecified atom stereocenters. The molecule has 328 valence electrons. The zero-order valence-electron chi connectivity index (χ0n) is 37.7. The molecule has 0 heterocycles. The Kier molecular flexibility index (Phi) is 17.2. The van der Waals surface area contributed by atoms with E-state index in [4.69, 9.17) is 18.9 Å². The van der Waals surface area contributed by atoms with Gasteiger partial charge in [0, 0.05) is 92.4 Å². The number of fused-ring (bicyclic) bond motifs is 8. The number of methoxy groups -OCH3 is 4. The second-order valence-corrected chi connectivity index (χ2v) is 16.8. The number of phenols is 4. The van der Waals surface area contributed by atoms with E-state index in [1.165, 1.54) is 0 Å². The Morgan fingerprint density at radius 1 is 0.317 bits per heavy atom. The summed E-state index contributed by atoms with van der Waals surface area (Å²) in [4.78, 5) is 0. The molecule has 1 aliphatic rings. The smallest absolute Gasteiger partial charge is 0.126 e. The van der Waals surface area contributed by atoms with Gasteiger partial charge in [-0.15, -0.1) is 0 Å². The highest BCUT2D eigenvalue weighted by Gasteiger charge is 2.33. The van der Waals surface area contributed by atoms with Crippen molar-refractivity contribution in [1.29, 1.82) is 0 Å². The molecule has 0 amide bonds. The molecule has 0 saturated heterocycles. The van der Waals surface area contributed by atoms with E-state index >= 15 is 0 Å². The minimum atomic E-state index is -0.295. The van der Waals surface area contributed by atoms with E-state index in [-0.39, 0.29) is 46.7 Å². The SMILES string of the molecule is CCCCC[C@@H]1c2cc(c(OC)cc2O)[C@H](CCCCC)c2cc(c(OC)cc2O)[C@H](CCCCC)c2cc(c(OC)cc2O)[C@H](CCCCC)c2cc1c(OC)cc2O. The van der Waals surface area contributed by atoms with Gasteiger partial charge in [0.1, 0.15) is 46.0 Å². The molecule has 8 nitrogen and oxygen atoms in total. The van der Waals surface area contributed by atoms with E-state index in [9.17, 15) is 20.4 Å². The zero-order chi connectivity index (χ0) is 43.3. The molecule has 1 aliphatic carbocycles. The highest BCUT2D eigenvalue weighted by Crippen LogP contribution is 2.53. The summed E-state index contributed by atoms with van der Waals surface area (Å²) < 4.78 is 24.4. The minimum absolute atomic E-state index is 0.127. The van der Waals surface area contributed by atoms with E-state index in [1.807, 2.05) is 0 Å². The number of aromatic hydroxyl groups is 4. The zero-order valence-corrected chi connectivity index (χ0v) is 37.7. The summed E-state index contributed by atoms with van der Waals surface area (Å²) >= 11 is 0. The van der Waals surface area contributed by atoms with Crippen molar-refractivity contribution in [1.82, 2.24) is 0 Å². The van der Waals surface area contributed by atoms with Crippen molar-refractivity contribution in [2.45, 2.75) is 154 Å². The molecule has 4 aromatic carbocycles. The summed E-state index contributed by atoms with van der Waals surface area (Å²) in [5.74, 6) is 1.53. The van der Waals surface area contributed by atoms with E-state index in [2.05, 4.69) is 52.0 Å². The Morgan fingerprint density at radius 2 is 0.517 bits per heavy atom. The van der Waals surface area contributed by atoms with Crippen molar-refractivity contribution in [3.8, 4) is 46.0 Å². The molecular weight excluding hydrogens is 753 g/mol. The van der Waals surface area contributed by atoms with Crippen LogP contribution in [0.5, 0.6) is 46.0 Å². The van der Waals surface area contributed by atoms with Gasteiger partial charge in [-0.05, 0) is 49.9 Å². The number of rotatable bonds is 20. The number of hydrogen-bond donors (Lipinski definition) is 4. The summed E-state index contributed by atoms with van der Waals surface area (Å²) in [5, 5.41) is 48.2. The van der Waals surface area contributed by atoms with E-state index in [0.717, 1.165) is 147 Å². The maximum Gasteiger partial charge on any atom is 0.126 e. The fourth-order valence-electron chi connectivity index (χ4n) is 9.63. The molecule has 8 heteroatoms. The average molecular weight is 825 g/mol. The number of phenolic OH excluding ortho intramolecular Hbond substituents is 4. The monoisotopic (exact) mass is 825 g/mol. The molecule has 4 aromatic rings. The summed E-state index contributed by atoms with van der Waals surface area (Å²) in [6.45, 7) is 8.75. The Morgan fingerprint density at radius 3 is 0.683 bits per heavy atom. The minimum Gasteiger partial charge on any atom is -0.508 e. The van der Waals surface area contributed by atoms with Crippen molar-refractivity contribution in [2.24, 2.45) is 0 Å². The predicted molar refractivity (Wildman–Crippen MR) is 243 cm³/mol. The first-order chi connectivity index (χ1) is 29.1. The third-order valence-electron chi connectivity index (χ3n) is 12.9. The normalized spacial score (nSPS) is 17.3. The van der Waals surface area contributed by atoms with Crippen LogP contribution in [0.1, 0.15) is 199 Å². The quantitative estimate of drug-likeness (QED) is 0.0651. The first kappa shape index (κ1) is 46.3. The van der Waals surface area contributed by atoms with Gasteiger partial charge in [0.25, 0.3) is 0 Å². The van der Waals surface area contributed by atoms with Crippen LogP contribution < -0.4 is 18.9 Å². The van der Waals surface area contributed by atoms with Gasteiger partial charge < -0.3 is 39.4 Å². The number of ether oxygens (including phenoxy) is 4. The van der Waals surface area contributed by atoms with Gasteiger partial charge in [-0.1, -0.05) is 105 Å². The van der Waals surface area contributed by atoms with E-state index in [0.29, 0.717) is 23.0 Å². The first-order valence-corrected chi connectivity index (χ1v) is 22.7. The lowest BCUT2D eigenvalue weighted by atomic mass is 9.76. The molecule has 0 saturated carbocycles. The van der Waals surface area contributed by atoms with Crippen LogP contribution in [0.25, 0.3) is 0 Å². The fourth-order valence-corrected chi connectivity index (χ4v) is 9.63. The van der Waals surface area contributed by atoms with Crippen molar-refractivity contribution in [3.05, 3.63) is 93.0 Å². The van der Waals surface area contributed by atoms with Gasteiger partial charge in [0.2, 0.25) is 0 Å². The van der Waals surface area contributed by atoms with Gasteiger partial charge in [0.05, 0.1) is 28.4 Å². The van der Waals surface area contributed by atoms with Gasteiger partial charge in [-0.25, -0.2) is 0 Å². The van der Waals surface area contributed by atoms with Gasteiger partial charge in [0.15, 0.2) is 0 Å². The largest absolute Gasteiger partial charge is 0.508 e. The van der Waals surface area contributed by atoms with Crippen molar-refractivity contribution in [3.63, 3.8) is 0 Å². The first-order valence-electron chi connectivity index (χ1n) is 22.7. The van der Waals surface area contributed by atoms with Gasteiger partial charge in [-0.3, -0.25) is 0 Å². The highest BCUT2D eigenvalue weighted by molar-refractivity contribution is 5.62. The molecule has 0 fully saturated rings. The van der Waals surface area contributed by atoms with Crippen LogP contribution in [0.3, 0.4) is 0 Å². The second kappa shape index (κ2) is 22.2. The highest BCUT2D eigenvalue weighted by atomic mass is 16.5. The van der Waals surface area contributed by atoms with Crippen molar-refractivity contribution < 1.29 is 39.4 Å². The van der Waals surface area contributed by atoms with Crippen molar-refractivity contribution in [2.75, 3.05) is 28.4 Å². The molecule has 60 heavy (non-hydrogen) atoms. The molecule has 8 bridgehead atoms. The maximum absolute atomic E-state index is 12.0. The molecule has 0 aliphatic heterocycles. The van der Waals surface area contributed by atoms with Crippen LogP contribution in [0.4, 0.5) is 0 Å². The van der Waals surface area contributed by atoms with Crippen LogP contribution in [0.15, 0.2) is 48.5 Å². The lowest BCUT2D eigenvalue weighted by molar-refractivity contribution is 0.387. The van der Waals surface area contributed by atoms with Gasteiger partial charge in [-0.2, -0.15) is 0 Å². The number of unbranched alkanes of at least 4 members (excludes halogenated alkanes) is 8. The Bertz CT molecular complexity index is 1720. The fraction of sp³-hybridized carbons (Fsp3) is 0.538. The van der Waals surface area contributed by atoms with Gasteiger partial charge >= 0.3 is 0 Å². The molecule has 5 rings (SSSR count). The average Bonchev–Trinajstić information content (AvgIpc) is 3.25. The lowest BCUT2D eigenvalue weighted by Crippen LogP contribution is -2.13. The maximum atomic E-state index is 12.0. The molecule has 0 radical (unpaired) electrons. The van der Waals surface area contributed by atoms with E-state index in [1.54, 1.807) is 52.7 Å². The summed E-state index contributed by atoms with van der Waals surface area (Å²) in [5.41, 5.74) is 6.54. The van der Waals surface area contributed by atoms with Crippen LogP contribution in [0.2, 0.25) is 0 Å². The summed E-state index contributed by atoms with van der Waals surface area (Å²) in [7, 11) is 6.53. The Balaban J connectivity index is 1.99. The standard InChI is InChI=1S/C52H72O8/c1-9-13-17-21-33-37-25-42(50(58-6)29-45(37)53)35(23-19-15-11-3)39-27-44(52(60-8)31-47(39)55)36(24-20-16-12-4)40-28-43(51(59-7)32-48(40)56)34(22-18-14-10-2)38-26-41(33)49(57-5)30-46(38)54/h25-36,53-56H,9-24H2,1-8H3/t33-,34-,35-,36-/m1/s1. The molecule has 0 aromatic heterocycles. The lowest BCUT2D eigenvalue weighted by Gasteiger charge is -2.30. The topological polar surface area (TPSA) is 118 Å². The number of hydrogen-bond acceptors (Lipinski definition) is 8. The molecule has 4 atom stereocenters. The van der Waals surface area contributed by atoms with Crippen LogP contribution in [-0.4, -0.2) is 48.9 Å². The summed E-state index contributed by atoms with van der Waals surface area (Å²) in [6.07, 6.45) is 14.8. The van der Waals surface area contributed by atoms with E-state index < -0.39 is 0 Å². The Hall–Kier alpha value is -4.72. The third-order valence-corrected chi connectivity index (χ3v) is 12.9. The van der Waals surface area contributed by atoms with Crippen molar-refractivity contribution >= 4 is 0 Å². The summed E-state index contributed by atoms with van der Waals surface area (Å²) in [6, 6.07) is 15.3. The predicted octanol–water partition coefficient (Wildman–Crippen LogP) is 13.7. The second-order valence-electron chi connectivity index (χ2n) is 16.8. The van der Waals surface area contributed by atoms with Crippen LogP contribution in [0, 0.1) is 0 Å². The third kappa shape index (κ3) is 10.2. The number of benzene rings is 4. The van der Waals surface area contributed by atoms with Crippen LogP contribution >= 0.6 is 0 Å². The molecular formula is C52H72O8. The molecule has 4 N–H and O–H groups in total.